The average Bonchev–Trinajstić information content (AvgIpc) is 2.71. The van der Waals surface area contributed by atoms with Gasteiger partial charge >= 0.3 is 0 Å². The van der Waals surface area contributed by atoms with Crippen LogP contribution < -0.4 is 5.56 Å². The molecule has 1 N–H and O–H groups in total. The van der Waals surface area contributed by atoms with E-state index in [1.807, 2.05) is 50.2 Å². The first-order chi connectivity index (χ1) is 14.0. The highest BCUT2D eigenvalue weighted by molar-refractivity contribution is 6.30. The van der Waals surface area contributed by atoms with Crippen molar-refractivity contribution in [3.8, 4) is 11.6 Å². The molecule has 0 spiro atoms. The third kappa shape index (κ3) is 3.55. The SMILES string of the molecule is Cc1ccc(-n2c(O)c(C=Nc3ccc(Cl)cc3)c3ccccc3c2=O)c(C)c1. The Balaban J connectivity index is 1.99. The summed E-state index contributed by atoms with van der Waals surface area (Å²) >= 11 is 5.93. The second-order valence-electron chi connectivity index (χ2n) is 6.95. The van der Waals surface area contributed by atoms with Crippen LogP contribution in [0.3, 0.4) is 0 Å². The van der Waals surface area contributed by atoms with Crippen LogP contribution in [-0.4, -0.2) is 15.9 Å². The molecule has 0 radical (unpaired) electrons. The van der Waals surface area contributed by atoms with Crippen molar-refractivity contribution in [2.75, 3.05) is 0 Å². The van der Waals surface area contributed by atoms with E-state index in [0.717, 1.165) is 11.1 Å². The number of aromatic hydroxyl groups is 1. The van der Waals surface area contributed by atoms with E-state index in [0.29, 0.717) is 32.7 Å². The Morgan fingerprint density at radius 1 is 0.966 bits per heavy atom. The third-order valence-electron chi connectivity index (χ3n) is 4.87. The first kappa shape index (κ1) is 19.0. The molecule has 0 bridgehead atoms. The van der Waals surface area contributed by atoms with E-state index < -0.39 is 0 Å². The summed E-state index contributed by atoms with van der Waals surface area (Å²) in [5, 5.41) is 12.9. The van der Waals surface area contributed by atoms with Gasteiger partial charge in [-0.05, 0) is 55.8 Å². The van der Waals surface area contributed by atoms with E-state index in [-0.39, 0.29) is 11.4 Å². The van der Waals surface area contributed by atoms with E-state index in [4.69, 9.17) is 11.6 Å². The summed E-state index contributed by atoms with van der Waals surface area (Å²) in [5.41, 5.74) is 3.54. The van der Waals surface area contributed by atoms with Crippen molar-refractivity contribution < 1.29 is 5.11 Å². The summed E-state index contributed by atoms with van der Waals surface area (Å²) in [6.45, 7) is 3.91. The third-order valence-corrected chi connectivity index (χ3v) is 5.12. The normalized spacial score (nSPS) is 11.4. The average molecular weight is 403 g/mol. The molecule has 4 rings (SSSR count). The van der Waals surface area contributed by atoms with E-state index in [1.54, 1.807) is 36.5 Å². The molecule has 0 aliphatic carbocycles. The lowest BCUT2D eigenvalue weighted by Gasteiger charge is -2.16. The fourth-order valence-electron chi connectivity index (χ4n) is 3.44. The summed E-state index contributed by atoms with van der Waals surface area (Å²) in [5.74, 6) is -0.140. The van der Waals surface area contributed by atoms with Gasteiger partial charge in [-0.1, -0.05) is 47.5 Å². The predicted octanol–water partition coefficient (Wildman–Crippen LogP) is 5.72. The van der Waals surface area contributed by atoms with Crippen LogP contribution in [0, 0.1) is 13.8 Å². The number of fused-ring (bicyclic) bond motifs is 1. The maximum atomic E-state index is 13.2. The number of aromatic nitrogens is 1. The van der Waals surface area contributed by atoms with Gasteiger partial charge in [-0.25, -0.2) is 4.57 Å². The number of rotatable bonds is 3. The predicted molar refractivity (Wildman–Crippen MR) is 119 cm³/mol. The molecule has 0 amide bonds. The van der Waals surface area contributed by atoms with Gasteiger partial charge in [0.2, 0.25) is 5.88 Å². The van der Waals surface area contributed by atoms with Crippen molar-refractivity contribution in [3.63, 3.8) is 0 Å². The highest BCUT2D eigenvalue weighted by atomic mass is 35.5. The van der Waals surface area contributed by atoms with Crippen LogP contribution in [0.5, 0.6) is 5.88 Å². The molecule has 3 aromatic carbocycles. The molecule has 0 atom stereocenters. The molecule has 5 heteroatoms. The molecule has 29 heavy (non-hydrogen) atoms. The summed E-state index contributed by atoms with van der Waals surface area (Å²) in [4.78, 5) is 17.7. The molecular formula is C24H19ClN2O2. The van der Waals surface area contributed by atoms with E-state index in [9.17, 15) is 9.90 Å². The summed E-state index contributed by atoms with van der Waals surface area (Å²) in [6, 6.07) is 20.1. The molecule has 0 saturated heterocycles. The lowest BCUT2D eigenvalue weighted by Crippen LogP contribution is -2.21. The topological polar surface area (TPSA) is 54.6 Å². The summed E-state index contributed by atoms with van der Waals surface area (Å²) in [7, 11) is 0. The van der Waals surface area contributed by atoms with Crippen LogP contribution in [0.2, 0.25) is 5.02 Å². The number of hydrogen-bond acceptors (Lipinski definition) is 3. The Bertz CT molecular complexity index is 1310. The van der Waals surface area contributed by atoms with Gasteiger partial charge in [0.1, 0.15) is 0 Å². The van der Waals surface area contributed by atoms with Crippen molar-refractivity contribution >= 4 is 34.3 Å². The molecule has 144 valence electrons. The Morgan fingerprint density at radius 3 is 2.34 bits per heavy atom. The van der Waals surface area contributed by atoms with Crippen LogP contribution in [0.25, 0.3) is 16.5 Å². The van der Waals surface area contributed by atoms with Gasteiger partial charge in [-0.3, -0.25) is 9.79 Å². The molecule has 0 saturated carbocycles. The van der Waals surface area contributed by atoms with Gasteiger partial charge in [0.05, 0.1) is 16.9 Å². The van der Waals surface area contributed by atoms with Crippen LogP contribution in [-0.2, 0) is 0 Å². The van der Waals surface area contributed by atoms with Crippen molar-refractivity contribution in [2.24, 2.45) is 4.99 Å². The molecule has 0 aliphatic rings. The monoisotopic (exact) mass is 402 g/mol. The smallest absolute Gasteiger partial charge is 0.265 e. The molecule has 1 aromatic heterocycles. The minimum Gasteiger partial charge on any atom is -0.494 e. The zero-order valence-electron chi connectivity index (χ0n) is 16.1. The fraction of sp³-hybridized carbons (Fsp3) is 0.0833. The van der Waals surface area contributed by atoms with Gasteiger partial charge in [-0.2, -0.15) is 0 Å². The van der Waals surface area contributed by atoms with Crippen LogP contribution >= 0.6 is 11.6 Å². The first-order valence-corrected chi connectivity index (χ1v) is 9.57. The number of halogens is 1. The maximum Gasteiger partial charge on any atom is 0.265 e. The first-order valence-electron chi connectivity index (χ1n) is 9.19. The number of benzene rings is 3. The lowest BCUT2D eigenvalue weighted by atomic mass is 10.1. The van der Waals surface area contributed by atoms with Gasteiger partial charge < -0.3 is 5.11 Å². The van der Waals surface area contributed by atoms with Crippen molar-refractivity contribution in [3.05, 3.63) is 98.8 Å². The molecule has 0 fully saturated rings. The molecule has 0 unspecified atom stereocenters. The molecular weight excluding hydrogens is 384 g/mol. The molecule has 4 nitrogen and oxygen atoms in total. The van der Waals surface area contributed by atoms with E-state index >= 15 is 0 Å². The van der Waals surface area contributed by atoms with Crippen molar-refractivity contribution in [2.45, 2.75) is 13.8 Å². The van der Waals surface area contributed by atoms with Crippen LogP contribution in [0.4, 0.5) is 5.69 Å². The zero-order valence-corrected chi connectivity index (χ0v) is 16.8. The van der Waals surface area contributed by atoms with Gasteiger partial charge in [-0.15, -0.1) is 0 Å². The second-order valence-corrected chi connectivity index (χ2v) is 7.38. The number of aliphatic imine (C=N–C) groups is 1. The largest absolute Gasteiger partial charge is 0.494 e. The zero-order chi connectivity index (χ0) is 20.5. The highest BCUT2D eigenvalue weighted by Crippen LogP contribution is 2.28. The van der Waals surface area contributed by atoms with E-state index in [1.165, 1.54) is 4.57 Å². The Labute approximate surface area is 173 Å². The number of aryl methyl sites for hydroxylation is 2. The Hall–Kier alpha value is -3.37. The number of pyridine rings is 1. The van der Waals surface area contributed by atoms with Gasteiger partial charge in [0.15, 0.2) is 0 Å². The molecule has 0 aliphatic heterocycles. The number of nitrogens with zero attached hydrogens (tertiary/aromatic N) is 2. The lowest BCUT2D eigenvalue weighted by molar-refractivity contribution is 0.436. The second kappa shape index (κ2) is 7.57. The van der Waals surface area contributed by atoms with Gasteiger partial charge in [0.25, 0.3) is 5.56 Å². The fourth-order valence-corrected chi connectivity index (χ4v) is 3.56. The minimum absolute atomic E-state index is 0.140. The van der Waals surface area contributed by atoms with Crippen LogP contribution in [0.1, 0.15) is 16.7 Å². The van der Waals surface area contributed by atoms with E-state index in [2.05, 4.69) is 4.99 Å². The highest BCUT2D eigenvalue weighted by Gasteiger charge is 2.17. The number of hydrogen-bond donors (Lipinski definition) is 1. The quantitative estimate of drug-likeness (QED) is 0.446. The Morgan fingerprint density at radius 2 is 1.66 bits per heavy atom. The van der Waals surface area contributed by atoms with Crippen LogP contribution in [0.15, 0.2) is 76.5 Å². The van der Waals surface area contributed by atoms with Gasteiger partial charge in [0, 0.05) is 22.0 Å². The molecule has 4 aromatic rings. The van der Waals surface area contributed by atoms with Crippen molar-refractivity contribution in [1.29, 1.82) is 0 Å². The Kier molecular flexibility index (Phi) is 4.95. The molecule has 1 heterocycles. The minimum atomic E-state index is -0.270. The van der Waals surface area contributed by atoms with Crippen molar-refractivity contribution in [1.82, 2.24) is 4.57 Å². The summed E-state index contributed by atoms with van der Waals surface area (Å²) < 4.78 is 1.35. The standard InChI is InChI=1S/C24H19ClN2O2/c1-15-7-12-22(16(2)13-15)27-23(28)20-6-4-3-5-19(20)21(24(27)29)14-26-18-10-8-17(25)9-11-18/h3-14,29H,1-2H3. The maximum absolute atomic E-state index is 13.2. The summed E-state index contributed by atoms with van der Waals surface area (Å²) in [6.07, 6.45) is 1.58.